The fourth-order valence-corrected chi connectivity index (χ4v) is 4.04. The highest BCUT2D eigenvalue weighted by Gasteiger charge is 2.27. The van der Waals surface area contributed by atoms with Gasteiger partial charge in [0.2, 0.25) is 0 Å². The number of benzene rings is 1. The van der Waals surface area contributed by atoms with Gasteiger partial charge in [-0.05, 0) is 37.6 Å². The Labute approximate surface area is 139 Å². The zero-order chi connectivity index (χ0) is 16.1. The summed E-state index contributed by atoms with van der Waals surface area (Å²) in [5, 5.41) is 3.42. The lowest BCUT2D eigenvalue weighted by atomic mass is 9.92. The van der Waals surface area contributed by atoms with Crippen molar-refractivity contribution in [1.29, 1.82) is 0 Å². The number of likely N-dealkylation sites (N-methyl/N-ethyl adjacent to an activating group) is 1. The minimum absolute atomic E-state index is 0.144. The molecule has 1 atom stereocenters. The lowest BCUT2D eigenvalue weighted by Crippen LogP contribution is -2.48. The third kappa shape index (κ3) is 4.52. The number of hydrogen-bond donors (Lipinski definition) is 1. The highest BCUT2D eigenvalue weighted by atomic mass is 19.1. The second kappa shape index (κ2) is 8.22. The molecule has 1 unspecified atom stereocenters. The molecule has 0 radical (unpaired) electrons. The smallest absolute Gasteiger partial charge is 0.123 e. The number of hydrogen-bond acceptors (Lipinski definition) is 3. The number of halogens is 1. The van der Waals surface area contributed by atoms with E-state index >= 15 is 0 Å². The second-order valence-electron chi connectivity index (χ2n) is 7.08. The van der Waals surface area contributed by atoms with E-state index in [9.17, 15) is 4.39 Å². The van der Waals surface area contributed by atoms with Crippen molar-refractivity contribution in [2.24, 2.45) is 0 Å². The minimum Gasteiger partial charge on any atom is -0.314 e. The largest absolute Gasteiger partial charge is 0.314 e. The SMILES string of the molecule is CN(C1CCCCC1)C(CN1CCNCC1)c1ccc(F)cc1. The zero-order valence-electron chi connectivity index (χ0n) is 14.3. The molecule has 2 aliphatic rings. The molecule has 1 aliphatic carbocycles. The maximum Gasteiger partial charge on any atom is 0.123 e. The number of nitrogens with zero attached hydrogens (tertiary/aromatic N) is 2. The first kappa shape index (κ1) is 16.9. The third-order valence-corrected chi connectivity index (χ3v) is 5.54. The van der Waals surface area contributed by atoms with E-state index in [1.807, 2.05) is 12.1 Å². The topological polar surface area (TPSA) is 18.5 Å². The van der Waals surface area contributed by atoms with Gasteiger partial charge in [0.15, 0.2) is 0 Å². The Hall–Kier alpha value is -0.970. The molecule has 1 N–H and O–H groups in total. The van der Waals surface area contributed by atoms with E-state index in [4.69, 9.17) is 0 Å². The van der Waals surface area contributed by atoms with Crippen molar-refractivity contribution in [2.45, 2.75) is 44.2 Å². The Morgan fingerprint density at radius 1 is 1.13 bits per heavy atom. The molecule has 1 aliphatic heterocycles. The molecule has 1 heterocycles. The molecule has 0 amide bonds. The van der Waals surface area contributed by atoms with E-state index in [1.165, 1.54) is 37.7 Å². The summed E-state index contributed by atoms with van der Waals surface area (Å²) in [5.74, 6) is -0.144. The molecule has 128 valence electrons. The van der Waals surface area contributed by atoms with Gasteiger partial charge >= 0.3 is 0 Å². The molecule has 0 aromatic heterocycles. The van der Waals surface area contributed by atoms with Crippen molar-refractivity contribution in [2.75, 3.05) is 39.8 Å². The molecule has 1 saturated heterocycles. The average molecular weight is 319 g/mol. The van der Waals surface area contributed by atoms with E-state index < -0.39 is 0 Å². The fraction of sp³-hybridized carbons (Fsp3) is 0.684. The summed E-state index contributed by atoms with van der Waals surface area (Å²) in [5.41, 5.74) is 1.25. The summed E-state index contributed by atoms with van der Waals surface area (Å²) in [6.45, 7) is 5.40. The van der Waals surface area contributed by atoms with Crippen LogP contribution in [0, 0.1) is 5.82 Å². The van der Waals surface area contributed by atoms with Crippen LogP contribution in [-0.2, 0) is 0 Å². The third-order valence-electron chi connectivity index (χ3n) is 5.54. The fourth-order valence-electron chi connectivity index (χ4n) is 4.04. The van der Waals surface area contributed by atoms with Gasteiger partial charge in [-0.3, -0.25) is 9.80 Å². The Bertz CT molecular complexity index is 464. The second-order valence-corrected chi connectivity index (χ2v) is 7.08. The Morgan fingerprint density at radius 2 is 1.78 bits per heavy atom. The molecular formula is C19H30FN3. The van der Waals surface area contributed by atoms with Crippen LogP contribution in [0.1, 0.15) is 43.7 Å². The van der Waals surface area contributed by atoms with Crippen LogP contribution in [0.15, 0.2) is 24.3 Å². The van der Waals surface area contributed by atoms with Crippen LogP contribution in [0.2, 0.25) is 0 Å². The van der Waals surface area contributed by atoms with Crippen LogP contribution in [0.25, 0.3) is 0 Å². The van der Waals surface area contributed by atoms with Crippen molar-refractivity contribution < 1.29 is 4.39 Å². The molecule has 4 heteroatoms. The molecule has 1 aromatic carbocycles. The summed E-state index contributed by atoms with van der Waals surface area (Å²) in [6.07, 6.45) is 6.67. The lowest BCUT2D eigenvalue weighted by Gasteiger charge is -2.40. The first-order chi connectivity index (χ1) is 11.2. The average Bonchev–Trinajstić information content (AvgIpc) is 2.62. The van der Waals surface area contributed by atoms with Crippen molar-refractivity contribution in [3.05, 3.63) is 35.6 Å². The van der Waals surface area contributed by atoms with Gasteiger partial charge in [-0.2, -0.15) is 0 Å². The number of rotatable bonds is 5. The van der Waals surface area contributed by atoms with Crippen LogP contribution >= 0.6 is 0 Å². The highest BCUT2D eigenvalue weighted by molar-refractivity contribution is 5.21. The Balaban J connectivity index is 1.75. The van der Waals surface area contributed by atoms with Crippen LogP contribution in [0.3, 0.4) is 0 Å². The predicted molar refractivity (Wildman–Crippen MR) is 93.1 cm³/mol. The van der Waals surface area contributed by atoms with E-state index in [0.29, 0.717) is 12.1 Å². The molecule has 0 spiro atoms. The molecule has 3 nitrogen and oxygen atoms in total. The summed E-state index contributed by atoms with van der Waals surface area (Å²) in [7, 11) is 2.27. The van der Waals surface area contributed by atoms with E-state index in [0.717, 1.165) is 32.7 Å². The maximum absolute atomic E-state index is 13.3. The summed E-state index contributed by atoms with van der Waals surface area (Å²) in [6, 6.07) is 8.19. The monoisotopic (exact) mass is 319 g/mol. The van der Waals surface area contributed by atoms with Crippen molar-refractivity contribution in [3.8, 4) is 0 Å². The summed E-state index contributed by atoms with van der Waals surface area (Å²) in [4.78, 5) is 5.11. The Kier molecular flexibility index (Phi) is 6.03. The molecule has 3 rings (SSSR count). The van der Waals surface area contributed by atoms with Crippen LogP contribution in [0.5, 0.6) is 0 Å². The Morgan fingerprint density at radius 3 is 2.43 bits per heavy atom. The number of piperazine rings is 1. The lowest BCUT2D eigenvalue weighted by molar-refractivity contribution is 0.0966. The minimum atomic E-state index is -0.144. The molecule has 0 bridgehead atoms. The van der Waals surface area contributed by atoms with Gasteiger partial charge in [0.25, 0.3) is 0 Å². The summed E-state index contributed by atoms with van der Waals surface area (Å²) >= 11 is 0. The van der Waals surface area contributed by atoms with E-state index in [-0.39, 0.29) is 5.82 Å². The molecule has 23 heavy (non-hydrogen) atoms. The molecule has 2 fully saturated rings. The summed E-state index contributed by atoms with van der Waals surface area (Å²) < 4.78 is 13.3. The maximum atomic E-state index is 13.3. The molecule has 1 saturated carbocycles. The van der Waals surface area contributed by atoms with Gasteiger partial charge in [-0.25, -0.2) is 4.39 Å². The van der Waals surface area contributed by atoms with Gasteiger partial charge in [0.1, 0.15) is 5.82 Å². The van der Waals surface area contributed by atoms with E-state index in [2.05, 4.69) is 22.2 Å². The van der Waals surface area contributed by atoms with E-state index in [1.54, 1.807) is 12.1 Å². The van der Waals surface area contributed by atoms with Crippen molar-refractivity contribution in [1.82, 2.24) is 15.1 Å². The first-order valence-corrected chi connectivity index (χ1v) is 9.14. The van der Waals surface area contributed by atoms with Gasteiger partial charge in [0.05, 0.1) is 0 Å². The van der Waals surface area contributed by atoms with Crippen LogP contribution < -0.4 is 5.32 Å². The van der Waals surface area contributed by atoms with Crippen LogP contribution in [0.4, 0.5) is 4.39 Å². The normalized spacial score (nSPS) is 22.4. The standard InChI is InChI=1S/C19H30FN3/c1-22(18-5-3-2-4-6-18)19(15-23-13-11-21-12-14-23)16-7-9-17(20)10-8-16/h7-10,18-19,21H,2-6,11-15H2,1H3. The quantitative estimate of drug-likeness (QED) is 0.900. The van der Waals surface area contributed by atoms with Gasteiger partial charge in [-0.1, -0.05) is 31.4 Å². The van der Waals surface area contributed by atoms with Gasteiger partial charge < -0.3 is 5.32 Å². The zero-order valence-corrected chi connectivity index (χ0v) is 14.3. The van der Waals surface area contributed by atoms with Crippen molar-refractivity contribution >= 4 is 0 Å². The first-order valence-electron chi connectivity index (χ1n) is 9.14. The predicted octanol–water partition coefficient (Wildman–Crippen LogP) is 3.04. The highest BCUT2D eigenvalue weighted by Crippen LogP contribution is 2.29. The van der Waals surface area contributed by atoms with Crippen LogP contribution in [-0.4, -0.2) is 55.6 Å². The van der Waals surface area contributed by atoms with Gasteiger partial charge in [0, 0.05) is 44.8 Å². The molecule has 1 aromatic rings. The molecular weight excluding hydrogens is 289 g/mol. The van der Waals surface area contributed by atoms with Gasteiger partial charge in [-0.15, -0.1) is 0 Å². The number of nitrogens with one attached hydrogen (secondary N) is 1. The van der Waals surface area contributed by atoms with Crippen molar-refractivity contribution in [3.63, 3.8) is 0 Å².